The number of aryl methyl sites for hydroxylation is 1. The van der Waals surface area contributed by atoms with Crippen LogP contribution in [0.3, 0.4) is 0 Å². The molecular weight excluding hydrogens is 232 g/mol. The molecule has 2 aliphatic carbocycles. The Bertz CT molecular complexity index is 439. The van der Waals surface area contributed by atoms with E-state index in [0.29, 0.717) is 17.5 Å². The Morgan fingerprint density at radius 2 is 2.16 bits per heavy atom. The molecule has 0 amide bonds. The highest BCUT2D eigenvalue weighted by molar-refractivity contribution is 5.25. The molecule has 0 saturated heterocycles. The van der Waals surface area contributed by atoms with E-state index in [9.17, 15) is 0 Å². The van der Waals surface area contributed by atoms with Crippen LogP contribution < -0.4 is 5.32 Å². The fraction of sp³-hybridized carbons (Fsp3) is 0.706. The molecule has 1 heterocycles. The minimum Gasteiger partial charge on any atom is -0.306 e. The summed E-state index contributed by atoms with van der Waals surface area (Å²) in [6.45, 7) is 4.82. The fourth-order valence-electron chi connectivity index (χ4n) is 3.90. The Morgan fingerprint density at radius 1 is 1.26 bits per heavy atom. The zero-order chi connectivity index (χ0) is 13.3. The molecule has 2 atom stereocenters. The lowest BCUT2D eigenvalue weighted by Gasteiger charge is -2.38. The lowest BCUT2D eigenvalue weighted by Crippen LogP contribution is -2.40. The lowest BCUT2D eigenvalue weighted by molar-refractivity contribution is 0.185. The standard InChI is InChI=1S/C17H26N2/c1-17(2)10-4-8-14(12-17)19-15-9-3-6-13-7-5-11-18-16(13)15/h5,7,11,14-15,19H,3-4,6,8-10,12H2,1-2H3. The molecule has 0 bridgehead atoms. The highest BCUT2D eigenvalue weighted by Crippen LogP contribution is 2.37. The third-order valence-electron chi connectivity index (χ3n) is 4.84. The van der Waals surface area contributed by atoms with Crippen molar-refractivity contribution in [2.24, 2.45) is 5.41 Å². The van der Waals surface area contributed by atoms with Gasteiger partial charge in [0.05, 0.1) is 5.69 Å². The molecule has 1 saturated carbocycles. The van der Waals surface area contributed by atoms with Crippen molar-refractivity contribution < 1.29 is 0 Å². The van der Waals surface area contributed by atoms with Gasteiger partial charge in [-0.25, -0.2) is 0 Å². The molecule has 3 rings (SSSR count). The molecule has 0 spiro atoms. The largest absolute Gasteiger partial charge is 0.306 e. The molecule has 0 aromatic carbocycles. The first kappa shape index (κ1) is 13.1. The summed E-state index contributed by atoms with van der Waals surface area (Å²) >= 11 is 0. The molecular formula is C17H26N2. The smallest absolute Gasteiger partial charge is 0.0605 e. The Labute approximate surface area is 117 Å². The topological polar surface area (TPSA) is 24.9 Å². The van der Waals surface area contributed by atoms with Gasteiger partial charge in [-0.3, -0.25) is 4.98 Å². The van der Waals surface area contributed by atoms with E-state index >= 15 is 0 Å². The van der Waals surface area contributed by atoms with E-state index in [0.717, 1.165) is 0 Å². The van der Waals surface area contributed by atoms with Crippen molar-refractivity contribution in [3.63, 3.8) is 0 Å². The zero-order valence-corrected chi connectivity index (χ0v) is 12.3. The maximum absolute atomic E-state index is 4.64. The van der Waals surface area contributed by atoms with Crippen molar-refractivity contribution in [3.8, 4) is 0 Å². The van der Waals surface area contributed by atoms with E-state index < -0.39 is 0 Å². The highest BCUT2D eigenvalue weighted by Gasteiger charge is 2.30. The third kappa shape index (κ3) is 3.00. The maximum atomic E-state index is 4.64. The van der Waals surface area contributed by atoms with Crippen molar-refractivity contribution in [2.75, 3.05) is 0 Å². The summed E-state index contributed by atoms with van der Waals surface area (Å²) in [5.74, 6) is 0. The molecule has 2 nitrogen and oxygen atoms in total. The molecule has 0 aliphatic heterocycles. The summed E-state index contributed by atoms with van der Waals surface area (Å²) in [4.78, 5) is 4.64. The van der Waals surface area contributed by atoms with Gasteiger partial charge < -0.3 is 5.32 Å². The predicted octanol–water partition coefficient (Wildman–Crippen LogP) is 4.02. The summed E-state index contributed by atoms with van der Waals surface area (Å²) in [6.07, 6.45) is 11.1. The van der Waals surface area contributed by atoms with Gasteiger partial charge in [-0.05, 0) is 55.6 Å². The predicted molar refractivity (Wildman–Crippen MR) is 79.1 cm³/mol. The first-order valence-electron chi connectivity index (χ1n) is 7.84. The fourth-order valence-corrected chi connectivity index (χ4v) is 3.90. The van der Waals surface area contributed by atoms with Crippen LogP contribution in [0.4, 0.5) is 0 Å². The molecule has 1 N–H and O–H groups in total. The number of fused-ring (bicyclic) bond motifs is 1. The van der Waals surface area contributed by atoms with Gasteiger partial charge in [0.1, 0.15) is 0 Å². The maximum Gasteiger partial charge on any atom is 0.0605 e. The first-order valence-corrected chi connectivity index (χ1v) is 7.84. The SMILES string of the molecule is CC1(C)CCCC(NC2CCCc3cccnc32)C1. The van der Waals surface area contributed by atoms with Crippen molar-refractivity contribution in [3.05, 3.63) is 29.6 Å². The van der Waals surface area contributed by atoms with E-state index in [1.807, 2.05) is 6.20 Å². The Morgan fingerprint density at radius 3 is 3.00 bits per heavy atom. The molecule has 0 radical (unpaired) electrons. The minimum absolute atomic E-state index is 0.490. The quantitative estimate of drug-likeness (QED) is 0.866. The molecule has 1 aromatic rings. The summed E-state index contributed by atoms with van der Waals surface area (Å²) in [7, 11) is 0. The Balaban J connectivity index is 1.71. The summed E-state index contributed by atoms with van der Waals surface area (Å²) in [5.41, 5.74) is 3.29. The van der Waals surface area contributed by atoms with E-state index in [2.05, 4.69) is 36.3 Å². The average molecular weight is 258 g/mol. The number of nitrogens with one attached hydrogen (secondary N) is 1. The van der Waals surface area contributed by atoms with E-state index in [1.54, 1.807) is 0 Å². The Kier molecular flexibility index (Phi) is 3.62. The number of aromatic nitrogens is 1. The van der Waals surface area contributed by atoms with E-state index in [4.69, 9.17) is 0 Å². The van der Waals surface area contributed by atoms with E-state index in [-0.39, 0.29) is 0 Å². The van der Waals surface area contributed by atoms with Crippen LogP contribution in [0, 0.1) is 5.41 Å². The molecule has 2 aliphatic rings. The highest BCUT2D eigenvalue weighted by atomic mass is 15.0. The van der Waals surface area contributed by atoms with Gasteiger partial charge in [-0.2, -0.15) is 0 Å². The van der Waals surface area contributed by atoms with Crippen molar-refractivity contribution in [2.45, 2.75) is 70.9 Å². The number of hydrogen-bond donors (Lipinski definition) is 1. The minimum atomic E-state index is 0.490. The number of nitrogens with zero attached hydrogens (tertiary/aromatic N) is 1. The molecule has 2 unspecified atom stereocenters. The Hall–Kier alpha value is -0.890. The summed E-state index contributed by atoms with van der Waals surface area (Å²) in [6, 6.07) is 5.50. The summed E-state index contributed by atoms with van der Waals surface area (Å²) in [5, 5.41) is 3.91. The van der Waals surface area contributed by atoms with Crippen LogP contribution in [-0.4, -0.2) is 11.0 Å². The van der Waals surface area contributed by atoms with Gasteiger partial charge >= 0.3 is 0 Å². The van der Waals surface area contributed by atoms with Crippen LogP contribution >= 0.6 is 0 Å². The van der Waals surface area contributed by atoms with Crippen LogP contribution in [0.15, 0.2) is 18.3 Å². The van der Waals surface area contributed by atoms with Gasteiger partial charge in [0, 0.05) is 18.3 Å². The molecule has 104 valence electrons. The van der Waals surface area contributed by atoms with Gasteiger partial charge in [0.2, 0.25) is 0 Å². The molecule has 1 aromatic heterocycles. The average Bonchev–Trinajstić information content (AvgIpc) is 2.38. The van der Waals surface area contributed by atoms with Gasteiger partial charge in [-0.1, -0.05) is 26.3 Å². The van der Waals surface area contributed by atoms with Gasteiger partial charge in [-0.15, -0.1) is 0 Å². The number of pyridine rings is 1. The van der Waals surface area contributed by atoms with Crippen molar-refractivity contribution in [1.29, 1.82) is 0 Å². The monoisotopic (exact) mass is 258 g/mol. The molecule has 19 heavy (non-hydrogen) atoms. The van der Waals surface area contributed by atoms with Gasteiger partial charge in [0.15, 0.2) is 0 Å². The number of hydrogen-bond acceptors (Lipinski definition) is 2. The van der Waals surface area contributed by atoms with Crippen LogP contribution in [0.2, 0.25) is 0 Å². The van der Waals surface area contributed by atoms with E-state index in [1.165, 1.54) is 56.2 Å². The molecule has 1 fully saturated rings. The second-order valence-electron chi connectivity index (χ2n) is 7.12. The zero-order valence-electron chi connectivity index (χ0n) is 12.3. The second kappa shape index (κ2) is 5.24. The van der Waals surface area contributed by atoms with Crippen LogP contribution in [0.1, 0.15) is 69.7 Å². The summed E-state index contributed by atoms with van der Waals surface area (Å²) < 4.78 is 0. The first-order chi connectivity index (χ1) is 9.14. The van der Waals surface area contributed by atoms with Crippen LogP contribution in [0.25, 0.3) is 0 Å². The molecule has 2 heteroatoms. The number of rotatable bonds is 2. The third-order valence-corrected chi connectivity index (χ3v) is 4.84. The second-order valence-corrected chi connectivity index (χ2v) is 7.12. The van der Waals surface area contributed by atoms with Crippen LogP contribution in [0.5, 0.6) is 0 Å². The van der Waals surface area contributed by atoms with Crippen LogP contribution in [-0.2, 0) is 6.42 Å². The lowest BCUT2D eigenvalue weighted by atomic mass is 9.74. The normalized spacial score (nSPS) is 29.8. The van der Waals surface area contributed by atoms with Crippen molar-refractivity contribution >= 4 is 0 Å². The van der Waals surface area contributed by atoms with Gasteiger partial charge in [0.25, 0.3) is 0 Å². The van der Waals surface area contributed by atoms with Crippen molar-refractivity contribution in [1.82, 2.24) is 10.3 Å².